The Morgan fingerprint density at radius 3 is 2.68 bits per heavy atom. The predicted octanol–water partition coefficient (Wildman–Crippen LogP) is 2.55. The minimum atomic E-state index is -0.705. The zero-order chi connectivity index (χ0) is 16.1. The van der Waals surface area contributed by atoms with Gasteiger partial charge in [0.15, 0.2) is 5.76 Å². The molecule has 0 bridgehead atoms. The Morgan fingerprint density at radius 1 is 1.27 bits per heavy atom. The van der Waals surface area contributed by atoms with Crippen molar-refractivity contribution in [1.82, 2.24) is 0 Å². The number of aryl methyl sites for hydroxylation is 1. The Morgan fingerprint density at radius 2 is 2.05 bits per heavy atom. The first kappa shape index (κ1) is 15.8. The van der Waals surface area contributed by atoms with Crippen molar-refractivity contribution in [2.75, 3.05) is 10.6 Å². The summed E-state index contributed by atoms with van der Waals surface area (Å²) >= 11 is 0. The van der Waals surface area contributed by atoms with E-state index in [1.165, 1.54) is 6.26 Å². The van der Waals surface area contributed by atoms with E-state index < -0.39 is 6.10 Å². The topological polar surface area (TPSA) is 91.6 Å². The van der Waals surface area contributed by atoms with Gasteiger partial charge in [-0.05, 0) is 43.7 Å². The minimum Gasteiger partial charge on any atom is -0.459 e. The molecule has 0 aliphatic carbocycles. The second-order valence-corrected chi connectivity index (χ2v) is 5.06. The van der Waals surface area contributed by atoms with Crippen LogP contribution >= 0.6 is 0 Å². The number of furan rings is 1. The van der Waals surface area contributed by atoms with Gasteiger partial charge in [0.1, 0.15) is 0 Å². The summed E-state index contributed by atoms with van der Waals surface area (Å²) in [7, 11) is 0. The van der Waals surface area contributed by atoms with E-state index in [2.05, 4.69) is 10.6 Å². The quantitative estimate of drug-likeness (QED) is 0.791. The molecule has 0 aliphatic heterocycles. The number of rotatable bonds is 5. The summed E-state index contributed by atoms with van der Waals surface area (Å²) in [4.78, 5) is 23.6. The molecule has 22 heavy (non-hydrogen) atoms. The molecule has 0 spiro atoms. The molecule has 0 fully saturated rings. The Bertz CT molecular complexity index is 663. The normalized spacial score (nSPS) is 11.8. The van der Waals surface area contributed by atoms with Gasteiger partial charge in [0.2, 0.25) is 5.91 Å². The first-order chi connectivity index (χ1) is 10.5. The highest BCUT2D eigenvalue weighted by atomic mass is 16.3. The second kappa shape index (κ2) is 6.91. The van der Waals surface area contributed by atoms with Gasteiger partial charge in [-0.3, -0.25) is 9.59 Å². The van der Waals surface area contributed by atoms with Crippen LogP contribution < -0.4 is 10.6 Å². The number of nitrogens with one attached hydrogen (secondary N) is 2. The number of benzene rings is 1. The molecule has 1 aromatic heterocycles. The summed E-state index contributed by atoms with van der Waals surface area (Å²) in [5.74, 6) is -0.439. The van der Waals surface area contributed by atoms with Gasteiger partial charge in [-0.15, -0.1) is 0 Å². The SMILES string of the molecule is Cc1ccc(NC(=O)CC(C)O)cc1NC(=O)c1ccco1. The first-order valence-electron chi connectivity index (χ1n) is 6.89. The van der Waals surface area contributed by atoms with E-state index in [1.807, 2.05) is 6.92 Å². The van der Waals surface area contributed by atoms with Gasteiger partial charge < -0.3 is 20.2 Å². The molecule has 3 N–H and O–H groups in total. The van der Waals surface area contributed by atoms with Gasteiger partial charge in [-0.25, -0.2) is 0 Å². The number of hydrogen-bond acceptors (Lipinski definition) is 4. The average molecular weight is 302 g/mol. The van der Waals surface area contributed by atoms with Crippen LogP contribution in [0.5, 0.6) is 0 Å². The highest BCUT2D eigenvalue weighted by Crippen LogP contribution is 2.21. The van der Waals surface area contributed by atoms with Crippen molar-refractivity contribution in [2.24, 2.45) is 0 Å². The fraction of sp³-hybridized carbons (Fsp3) is 0.250. The van der Waals surface area contributed by atoms with Gasteiger partial charge in [-0.1, -0.05) is 6.07 Å². The number of aliphatic hydroxyl groups is 1. The third kappa shape index (κ3) is 4.20. The second-order valence-electron chi connectivity index (χ2n) is 5.06. The highest BCUT2D eigenvalue weighted by Gasteiger charge is 2.12. The van der Waals surface area contributed by atoms with Gasteiger partial charge in [0.05, 0.1) is 18.8 Å². The predicted molar refractivity (Wildman–Crippen MR) is 82.8 cm³/mol. The molecular weight excluding hydrogens is 284 g/mol. The molecule has 0 aliphatic rings. The van der Waals surface area contributed by atoms with Crippen molar-refractivity contribution in [1.29, 1.82) is 0 Å². The molecule has 2 amide bonds. The monoisotopic (exact) mass is 302 g/mol. The minimum absolute atomic E-state index is 0.0158. The molecule has 6 heteroatoms. The Hall–Kier alpha value is -2.60. The summed E-state index contributed by atoms with van der Waals surface area (Å²) < 4.78 is 5.04. The van der Waals surface area contributed by atoms with Crippen LogP contribution in [0.15, 0.2) is 41.0 Å². The number of carbonyl (C=O) groups excluding carboxylic acids is 2. The van der Waals surface area contributed by atoms with Crippen LogP contribution in [0.4, 0.5) is 11.4 Å². The third-order valence-electron chi connectivity index (χ3n) is 3.00. The highest BCUT2D eigenvalue weighted by molar-refractivity contribution is 6.03. The fourth-order valence-electron chi connectivity index (χ4n) is 1.91. The lowest BCUT2D eigenvalue weighted by Gasteiger charge is -2.11. The van der Waals surface area contributed by atoms with Gasteiger partial charge >= 0.3 is 0 Å². The van der Waals surface area contributed by atoms with Crippen molar-refractivity contribution in [3.63, 3.8) is 0 Å². The molecule has 2 rings (SSSR count). The number of hydrogen-bond donors (Lipinski definition) is 3. The van der Waals surface area contributed by atoms with Crippen molar-refractivity contribution in [3.05, 3.63) is 47.9 Å². The van der Waals surface area contributed by atoms with Crippen LogP contribution in [0.1, 0.15) is 29.5 Å². The maximum absolute atomic E-state index is 12.0. The maximum Gasteiger partial charge on any atom is 0.291 e. The molecule has 1 aromatic carbocycles. The van der Waals surface area contributed by atoms with Gasteiger partial charge in [0, 0.05) is 11.4 Å². The Kier molecular flexibility index (Phi) is 4.95. The van der Waals surface area contributed by atoms with Crippen LogP contribution in [0, 0.1) is 6.92 Å². The summed E-state index contributed by atoms with van der Waals surface area (Å²) in [5.41, 5.74) is 1.98. The Balaban J connectivity index is 2.10. The summed E-state index contributed by atoms with van der Waals surface area (Å²) in [6.07, 6.45) is 0.736. The number of aliphatic hydroxyl groups excluding tert-OH is 1. The van der Waals surface area contributed by atoms with E-state index in [-0.39, 0.29) is 24.0 Å². The molecular formula is C16H18N2O4. The lowest BCUT2D eigenvalue weighted by atomic mass is 10.1. The average Bonchev–Trinajstić information content (AvgIpc) is 2.95. The maximum atomic E-state index is 12.0. The van der Waals surface area contributed by atoms with E-state index in [9.17, 15) is 14.7 Å². The summed E-state index contributed by atoms with van der Waals surface area (Å²) in [5, 5.41) is 14.6. The molecule has 6 nitrogen and oxygen atoms in total. The molecule has 0 saturated heterocycles. The molecule has 116 valence electrons. The number of anilines is 2. The van der Waals surface area contributed by atoms with Crippen molar-refractivity contribution in [2.45, 2.75) is 26.4 Å². The van der Waals surface area contributed by atoms with Gasteiger partial charge in [-0.2, -0.15) is 0 Å². The zero-order valence-corrected chi connectivity index (χ0v) is 12.4. The smallest absolute Gasteiger partial charge is 0.291 e. The lowest BCUT2D eigenvalue weighted by molar-refractivity contribution is -0.117. The largest absolute Gasteiger partial charge is 0.459 e. The van der Waals surface area contributed by atoms with E-state index in [1.54, 1.807) is 37.3 Å². The Labute approximate surface area is 128 Å². The van der Waals surface area contributed by atoms with Gasteiger partial charge in [0.25, 0.3) is 5.91 Å². The first-order valence-corrected chi connectivity index (χ1v) is 6.89. The lowest BCUT2D eigenvalue weighted by Crippen LogP contribution is -2.18. The zero-order valence-electron chi connectivity index (χ0n) is 12.4. The molecule has 0 radical (unpaired) electrons. The van der Waals surface area contributed by atoms with Crippen molar-refractivity contribution >= 4 is 23.2 Å². The van der Waals surface area contributed by atoms with Crippen molar-refractivity contribution < 1.29 is 19.1 Å². The van der Waals surface area contributed by atoms with E-state index in [0.717, 1.165) is 5.56 Å². The van der Waals surface area contributed by atoms with Crippen LogP contribution in [0.25, 0.3) is 0 Å². The molecule has 1 unspecified atom stereocenters. The third-order valence-corrected chi connectivity index (χ3v) is 3.00. The van der Waals surface area contributed by atoms with Crippen LogP contribution in [-0.4, -0.2) is 23.0 Å². The van der Waals surface area contributed by atoms with E-state index in [0.29, 0.717) is 11.4 Å². The number of amides is 2. The molecule has 1 atom stereocenters. The summed E-state index contributed by atoms with van der Waals surface area (Å²) in [6, 6.07) is 8.39. The summed E-state index contributed by atoms with van der Waals surface area (Å²) in [6.45, 7) is 3.39. The number of carbonyl (C=O) groups is 2. The fourth-order valence-corrected chi connectivity index (χ4v) is 1.91. The van der Waals surface area contributed by atoms with Crippen LogP contribution in [0.3, 0.4) is 0 Å². The molecule has 1 heterocycles. The van der Waals surface area contributed by atoms with Crippen LogP contribution in [0.2, 0.25) is 0 Å². The standard InChI is InChI=1S/C16H18N2O4/c1-10-5-6-12(17-15(20)8-11(2)19)9-13(10)18-16(21)14-4-3-7-22-14/h3-7,9,11,19H,8H2,1-2H3,(H,17,20)(H,18,21). The van der Waals surface area contributed by atoms with E-state index >= 15 is 0 Å². The van der Waals surface area contributed by atoms with Crippen LogP contribution in [-0.2, 0) is 4.79 Å². The molecule has 0 saturated carbocycles. The van der Waals surface area contributed by atoms with Crippen molar-refractivity contribution in [3.8, 4) is 0 Å². The van der Waals surface area contributed by atoms with E-state index in [4.69, 9.17) is 4.42 Å². The molecule has 2 aromatic rings.